The number of nitrogens with zero attached hydrogens (tertiary/aromatic N) is 4. The molecular formula is C27H31N5O3. The topological polar surface area (TPSA) is 87.5 Å². The molecule has 8 nitrogen and oxygen atoms in total. The van der Waals surface area contributed by atoms with Crippen LogP contribution in [0.25, 0.3) is 0 Å². The van der Waals surface area contributed by atoms with Gasteiger partial charge in [0.1, 0.15) is 16.9 Å². The smallest absolute Gasteiger partial charge is 0.259 e. The van der Waals surface area contributed by atoms with Crippen molar-refractivity contribution < 1.29 is 9.59 Å². The number of aromatic nitrogens is 2. The van der Waals surface area contributed by atoms with Crippen molar-refractivity contribution in [1.82, 2.24) is 19.8 Å². The molecule has 1 N–H and O–H groups in total. The summed E-state index contributed by atoms with van der Waals surface area (Å²) in [6.45, 7) is 8.32. The van der Waals surface area contributed by atoms with Crippen molar-refractivity contribution in [3.8, 4) is 0 Å². The third-order valence-electron chi connectivity index (χ3n) is 6.18. The van der Waals surface area contributed by atoms with Crippen LogP contribution in [0.3, 0.4) is 0 Å². The van der Waals surface area contributed by atoms with Crippen LogP contribution in [0.15, 0.2) is 65.7 Å². The average Bonchev–Trinajstić information content (AvgIpc) is 2.87. The van der Waals surface area contributed by atoms with Crippen LogP contribution in [0.1, 0.15) is 51.9 Å². The van der Waals surface area contributed by atoms with Crippen molar-refractivity contribution in [2.75, 3.05) is 31.1 Å². The van der Waals surface area contributed by atoms with E-state index in [1.165, 1.54) is 6.20 Å². The van der Waals surface area contributed by atoms with Gasteiger partial charge in [-0.25, -0.2) is 4.98 Å². The zero-order valence-electron chi connectivity index (χ0n) is 20.4. The quantitative estimate of drug-likeness (QED) is 0.595. The summed E-state index contributed by atoms with van der Waals surface area (Å²) in [7, 11) is 0. The second-order valence-electron chi connectivity index (χ2n) is 9.04. The van der Waals surface area contributed by atoms with Crippen LogP contribution in [-0.4, -0.2) is 52.4 Å². The van der Waals surface area contributed by atoms with Crippen molar-refractivity contribution in [1.29, 1.82) is 0 Å². The van der Waals surface area contributed by atoms with Crippen LogP contribution in [0.2, 0.25) is 0 Å². The lowest BCUT2D eigenvalue weighted by molar-refractivity contribution is 0.0744. The SMILES string of the molecule is Cc1cccc(N2CCN(C(=O)c3cn(C(C)C)cc(C(=O)NCc4ccccc4)c3=O)CC2)n1. The molecular weight excluding hydrogens is 442 g/mol. The van der Waals surface area contributed by atoms with Gasteiger partial charge in [-0.2, -0.15) is 0 Å². The molecule has 0 spiro atoms. The molecule has 0 saturated carbocycles. The molecule has 4 rings (SSSR count). The summed E-state index contributed by atoms with van der Waals surface area (Å²) in [6.07, 6.45) is 3.10. The largest absolute Gasteiger partial charge is 0.353 e. The highest BCUT2D eigenvalue weighted by molar-refractivity contribution is 5.99. The second-order valence-corrected chi connectivity index (χ2v) is 9.04. The molecule has 1 aliphatic rings. The minimum atomic E-state index is -0.541. The van der Waals surface area contributed by atoms with Gasteiger partial charge in [-0.3, -0.25) is 14.4 Å². The number of amides is 2. The first-order valence-electron chi connectivity index (χ1n) is 11.9. The van der Waals surface area contributed by atoms with Crippen molar-refractivity contribution in [3.05, 3.63) is 93.5 Å². The Balaban J connectivity index is 1.52. The number of hydrogen-bond acceptors (Lipinski definition) is 5. The molecule has 0 bridgehead atoms. The average molecular weight is 474 g/mol. The van der Waals surface area contributed by atoms with Crippen LogP contribution < -0.4 is 15.6 Å². The van der Waals surface area contributed by atoms with Crippen LogP contribution in [0.4, 0.5) is 5.82 Å². The normalized spacial score (nSPS) is 13.7. The van der Waals surface area contributed by atoms with Crippen LogP contribution in [-0.2, 0) is 6.54 Å². The lowest BCUT2D eigenvalue weighted by Crippen LogP contribution is -2.50. The van der Waals surface area contributed by atoms with Gasteiger partial charge in [0.2, 0.25) is 5.43 Å². The fourth-order valence-corrected chi connectivity index (χ4v) is 4.10. The third-order valence-corrected chi connectivity index (χ3v) is 6.18. The molecule has 3 aromatic rings. The van der Waals surface area contributed by atoms with E-state index in [0.29, 0.717) is 32.7 Å². The Bertz CT molecular complexity index is 1260. The number of carbonyl (C=O) groups excluding carboxylic acids is 2. The highest BCUT2D eigenvalue weighted by Crippen LogP contribution is 2.16. The number of anilines is 1. The van der Waals surface area contributed by atoms with Crippen LogP contribution in [0.5, 0.6) is 0 Å². The van der Waals surface area contributed by atoms with Gasteiger partial charge in [0.15, 0.2) is 0 Å². The van der Waals surface area contributed by atoms with E-state index in [0.717, 1.165) is 17.1 Å². The predicted molar refractivity (Wildman–Crippen MR) is 136 cm³/mol. The second kappa shape index (κ2) is 10.5. The molecule has 35 heavy (non-hydrogen) atoms. The Labute approximate surface area is 205 Å². The minimum Gasteiger partial charge on any atom is -0.353 e. The van der Waals surface area contributed by atoms with E-state index in [1.54, 1.807) is 15.7 Å². The van der Waals surface area contributed by atoms with Gasteiger partial charge in [-0.1, -0.05) is 36.4 Å². The van der Waals surface area contributed by atoms with Gasteiger partial charge in [0.05, 0.1) is 0 Å². The Morgan fingerprint density at radius 2 is 1.63 bits per heavy atom. The van der Waals surface area contributed by atoms with Crippen LogP contribution in [0, 0.1) is 6.92 Å². The maximum atomic E-state index is 13.4. The van der Waals surface area contributed by atoms with Gasteiger partial charge >= 0.3 is 0 Å². The van der Waals surface area contributed by atoms with E-state index >= 15 is 0 Å². The molecule has 3 heterocycles. The number of benzene rings is 1. The molecule has 1 saturated heterocycles. The monoisotopic (exact) mass is 473 g/mol. The Kier molecular flexibility index (Phi) is 7.29. The molecule has 0 aliphatic carbocycles. The predicted octanol–water partition coefficient (Wildman–Crippen LogP) is 3.03. The number of piperazine rings is 1. The van der Waals surface area contributed by atoms with Gasteiger partial charge in [0, 0.05) is 56.9 Å². The fourth-order valence-electron chi connectivity index (χ4n) is 4.10. The maximum absolute atomic E-state index is 13.4. The molecule has 2 aromatic heterocycles. The summed E-state index contributed by atoms with van der Waals surface area (Å²) < 4.78 is 1.75. The van der Waals surface area contributed by atoms with Crippen molar-refractivity contribution in [2.24, 2.45) is 0 Å². The standard InChI is InChI=1S/C27H31N5O3/c1-19(2)32-17-22(26(34)28-16-21-9-5-4-6-10-21)25(33)23(18-32)27(35)31-14-12-30(13-15-31)24-11-7-8-20(3)29-24/h4-11,17-19H,12-16H2,1-3H3,(H,28,34). The molecule has 182 valence electrons. The van der Waals surface area contributed by atoms with E-state index in [4.69, 9.17) is 0 Å². The molecule has 1 aliphatic heterocycles. The molecule has 0 unspecified atom stereocenters. The molecule has 0 atom stereocenters. The lowest BCUT2D eigenvalue weighted by Gasteiger charge is -2.35. The summed E-state index contributed by atoms with van der Waals surface area (Å²) in [4.78, 5) is 48.0. The summed E-state index contributed by atoms with van der Waals surface area (Å²) >= 11 is 0. The van der Waals surface area contributed by atoms with Gasteiger partial charge in [-0.05, 0) is 38.5 Å². The highest BCUT2D eigenvalue weighted by atomic mass is 16.2. The zero-order valence-corrected chi connectivity index (χ0v) is 20.4. The number of aryl methyl sites for hydroxylation is 1. The first-order valence-corrected chi connectivity index (χ1v) is 11.9. The summed E-state index contributed by atoms with van der Waals surface area (Å²) in [5.41, 5.74) is 1.33. The van der Waals surface area contributed by atoms with Crippen molar-refractivity contribution in [2.45, 2.75) is 33.4 Å². The number of carbonyl (C=O) groups is 2. The molecule has 8 heteroatoms. The number of pyridine rings is 2. The summed E-state index contributed by atoms with van der Waals surface area (Å²) in [5.74, 6) is 0.0496. The van der Waals surface area contributed by atoms with E-state index in [1.807, 2.05) is 69.3 Å². The first-order chi connectivity index (χ1) is 16.8. The van der Waals surface area contributed by atoms with Crippen molar-refractivity contribution in [3.63, 3.8) is 0 Å². The highest BCUT2D eigenvalue weighted by Gasteiger charge is 2.27. The Morgan fingerprint density at radius 1 is 0.943 bits per heavy atom. The zero-order chi connectivity index (χ0) is 24.9. The third kappa shape index (κ3) is 5.59. The summed E-state index contributed by atoms with van der Waals surface area (Å²) in [6, 6.07) is 15.3. The lowest BCUT2D eigenvalue weighted by atomic mass is 10.1. The Morgan fingerprint density at radius 3 is 2.29 bits per heavy atom. The van der Waals surface area contributed by atoms with Crippen molar-refractivity contribution >= 4 is 17.6 Å². The Hall–Kier alpha value is -3.94. The van der Waals surface area contributed by atoms with Gasteiger partial charge in [0.25, 0.3) is 11.8 Å². The van der Waals surface area contributed by atoms with Gasteiger partial charge < -0.3 is 19.7 Å². The number of nitrogens with one attached hydrogen (secondary N) is 1. The maximum Gasteiger partial charge on any atom is 0.259 e. The number of hydrogen-bond donors (Lipinski definition) is 1. The van der Waals surface area contributed by atoms with Gasteiger partial charge in [-0.15, -0.1) is 0 Å². The minimum absolute atomic E-state index is 0.0212. The van der Waals surface area contributed by atoms with E-state index in [9.17, 15) is 14.4 Å². The van der Waals surface area contributed by atoms with Crippen LogP contribution >= 0.6 is 0 Å². The molecule has 1 aromatic carbocycles. The van der Waals surface area contributed by atoms with E-state index in [2.05, 4.69) is 15.2 Å². The molecule has 0 radical (unpaired) electrons. The van der Waals surface area contributed by atoms with E-state index < -0.39 is 11.3 Å². The number of rotatable bonds is 6. The molecule has 2 amide bonds. The molecule has 1 fully saturated rings. The fraction of sp³-hybridized carbons (Fsp3) is 0.333. The van der Waals surface area contributed by atoms with E-state index in [-0.39, 0.29) is 23.1 Å². The summed E-state index contributed by atoms with van der Waals surface area (Å²) in [5, 5.41) is 2.81. The first kappa shape index (κ1) is 24.2.